The lowest BCUT2D eigenvalue weighted by Gasteiger charge is -2.23. The molecule has 1 rings (SSSR count). The number of benzene rings is 1. The zero-order valence-corrected chi connectivity index (χ0v) is 14.0. The summed E-state index contributed by atoms with van der Waals surface area (Å²) in [6.45, 7) is 8.89. The van der Waals surface area contributed by atoms with Gasteiger partial charge in [-0.2, -0.15) is 0 Å². The number of carbonyl (C=O) groups is 2. The van der Waals surface area contributed by atoms with E-state index in [4.69, 9.17) is 15.2 Å². The first-order valence-corrected chi connectivity index (χ1v) is 7.20. The van der Waals surface area contributed by atoms with Crippen LogP contribution in [0.5, 0.6) is 0 Å². The topological polar surface area (TPSA) is 78.6 Å². The Morgan fingerprint density at radius 2 is 1.87 bits per heavy atom. The van der Waals surface area contributed by atoms with Crippen LogP contribution in [0.2, 0.25) is 0 Å². The minimum Gasteiger partial charge on any atom is -0.465 e. The van der Waals surface area contributed by atoms with Crippen molar-refractivity contribution in [1.82, 2.24) is 0 Å². The molecule has 0 heterocycles. The summed E-state index contributed by atoms with van der Waals surface area (Å²) >= 11 is 0. The van der Waals surface area contributed by atoms with Crippen LogP contribution in [0.1, 0.15) is 37.9 Å². The summed E-state index contributed by atoms with van der Waals surface area (Å²) < 4.78 is 10.1. The van der Waals surface area contributed by atoms with Gasteiger partial charge >= 0.3 is 11.9 Å². The van der Waals surface area contributed by atoms with Gasteiger partial charge in [0.1, 0.15) is 11.6 Å². The first-order chi connectivity index (χ1) is 10.7. The number of allylic oxidation sites excluding steroid dienone is 2. The molecular formula is C18H23NO4. The molecule has 2 N–H and O–H groups in total. The number of hydrogen-bond donors (Lipinski definition) is 1. The van der Waals surface area contributed by atoms with Gasteiger partial charge in [0.05, 0.1) is 12.7 Å². The second-order valence-corrected chi connectivity index (χ2v) is 5.91. The highest BCUT2D eigenvalue weighted by atomic mass is 16.6. The number of rotatable bonds is 5. The van der Waals surface area contributed by atoms with Crippen molar-refractivity contribution in [1.29, 1.82) is 0 Å². The van der Waals surface area contributed by atoms with Gasteiger partial charge in [0.2, 0.25) is 0 Å². The summed E-state index contributed by atoms with van der Waals surface area (Å²) in [5.41, 5.74) is 6.67. The third-order valence-electron chi connectivity index (χ3n) is 2.94. The molecule has 0 aromatic heterocycles. The largest absolute Gasteiger partial charge is 0.465 e. The van der Waals surface area contributed by atoms with E-state index in [-0.39, 0.29) is 5.57 Å². The lowest BCUT2D eigenvalue weighted by atomic mass is 9.94. The van der Waals surface area contributed by atoms with Crippen LogP contribution in [0, 0.1) is 0 Å². The molecule has 0 bridgehead atoms. The zero-order valence-electron chi connectivity index (χ0n) is 14.0. The van der Waals surface area contributed by atoms with E-state index < -0.39 is 23.6 Å². The molecule has 23 heavy (non-hydrogen) atoms. The molecule has 0 aliphatic carbocycles. The van der Waals surface area contributed by atoms with Crippen molar-refractivity contribution in [2.45, 2.75) is 32.4 Å². The minimum atomic E-state index is -1.01. The predicted molar refractivity (Wildman–Crippen MR) is 89.4 cm³/mol. The SMILES string of the molecule is C=C/C=C(/C(=O)OC)c1ccccc1C(N)C(=O)OC(C)(C)C. The van der Waals surface area contributed by atoms with E-state index in [2.05, 4.69) is 6.58 Å². The molecule has 1 atom stereocenters. The Hall–Kier alpha value is -2.40. The van der Waals surface area contributed by atoms with Crippen LogP contribution in [0.4, 0.5) is 0 Å². The van der Waals surface area contributed by atoms with Crippen LogP contribution in [0.25, 0.3) is 5.57 Å². The fourth-order valence-electron chi connectivity index (χ4n) is 2.00. The Morgan fingerprint density at radius 3 is 2.39 bits per heavy atom. The van der Waals surface area contributed by atoms with Crippen LogP contribution in [0.15, 0.2) is 43.0 Å². The summed E-state index contributed by atoms with van der Waals surface area (Å²) in [6.07, 6.45) is 2.99. The number of esters is 2. The van der Waals surface area contributed by atoms with Gasteiger partial charge in [0.25, 0.3) is 0 Å². The lowest BCUT2D eigenvalue weighted by molar-refractivity contribution is -0.156. The summed E-state index contributed by atoms with van der Waals surface area (Å²) in [7, 11) is 1.29. The number of hydrogen-bond acceptors (Lipinski definition) is 5. The van der Waals surface area contributed by atoms with E-state index in [1.165, 1.54) is 19.3 Å². The molecule has 0 aliphatic rings. The van der Waals surface area contributed by atoms with Crippen molar-refractivity contribution >= 4 is 17.5 Å². The molecule has 5 heteroatoms. The Balaban J connectivity index is 3.29. The summed E-state index contributed by atoms with van der Waals surface area (Å²) in [4.78, 5) is 24.2. The Morgan fingerprint density at radius 1 is 1.26 bits per heavy atom. The summed E-state index contributed by atoms with van der Waals surface area (Å²) in [5, 5.41) is 0. The van der Waals surface area contributed by atoms with E-state index in [9.17, 15) is 9.59 Å². The number of nitrogens with two attached hydrogens (primary N) is 1. The molecule has 0 spiro atoms. The van der Waals surface area contributed by atoms with Gasteiger partial charge in [0.15, 0.2) is 0 Å². The molecule has 1 unspecified atom stereocenters. The fourth-order valence-corrected chi connectivity index (χ4v) is 2.00. The van der Waals surface area contributed by atoms with E-state index in [1.54, 1.807) is 45.0 Å². The van der Waals surface area contributed by atoms with Gasteiger partial charge in [-0.3, -0.25) is 0 Å². The van der Waals surface area contributed by atoms with Crippen LogP contribution in [-0.4, -0.2) is 24.6 Å². The van der Waals surface area contributed by atoms with Crippen molar-refractivity contribution < 1.29 is 19.1 Å². The average Bonchev–Trinajstić information content (AvgIpc) is 2.49. The Bertz CT molecular complexity index is 626. The van der Waals surface area contributed by atoms with Crippen LogP contribution < -0.4 is 5.73 Å². The standard InChI is InChI=1S/C18H23NO4/c1-6-9-14(16(20)22-5)12-10-7-8-11-13(12)15(19)17(21)23-18(2,3)4/h6-11,15H,1,19H2,2-5H3/b14-9+. The molecule has 0 saturated carbocycles. The average molecular weight is 317 g/mol. The Labute approximate surface area is 136 Å². The van der Waals surface area contributed by atoms with Crippen LogP contribution >= 0.6 is 0 Å². The van der Waals surface area contributed by atoms with E-state index in [0.29, 0.717) is 11.1 Å². The fraction of sp³-hybridized carbons (Fsp3) is 0.333. The monoisotopic (exact) mass is 317 g/mol. The van der Waals surface area contributed by atoms with Crippen molar-refractivity contribution in [3.8, 4) is 0 Å². The van der Waals surface area contributed by atoms with Gasteiger partial charge in [-0.1, -0.05) is 36.9 Å². The molecular weight excluding hydrogens is 294 g/mol. The smallest absolute Gasteiger partial charge is 0.338 e. The van der Waals surface area contributed by atoms with E-state index in [0.717, 1.165) is 0 Å². The van der Waals surface area contributed by atoms with Gasteiger partial charge in [-0.15, -0.1) is 0 Å². The second-order valence-electron chi connectivity index (χ2n) is 5.91. The molecule has 0 fully saturated rings. The lowest BCUT2D eigenvalue weighted by Crippen LogP contribution is -2.32. The molecule has 0 amide bonds. The van der Waals surface area contributed by atoms with Crippen molar-refractivity contribution in [2.24, 2.45) is 5.73 Å². The molecule has 1 aromatic carbocycles. The molecule has 0 saturated heterocycles. The predicted octanol–water partition coefficient (Wildman–Crippen LogP) is 2.77. The quantitative estimate of drug-likeness (QED) is 0.513. The third-order valence-corrected chi connectivity index (χ3v) is 2.94. The highest BCUT2D eigenvalue weighted by Crippen LogP contribution is 2.26. The molecule has 1 aromatic rings. The van der Waals surface area contributed by atoms with Crippen molar-refractivity contribution in [2.75, 3.05) is 7.11 Å². The zero-order chi connectivity index (χ0) is 17.6. The van der Waals surface area contributed by atoms with Gasteiger partial charge < -0.3 is 15.2 Å². The van der Waals surface area contributed by atoms with Gasteiger partial charge in [-0.05, 0) is 38.0 Å². The maximum Gasteiger partial charge on any atom is 0.338 e. The number of methoxy groups -OCH3 is 1. The van der Waals surface area contributed by atoms with Crippen molar-refractivity contribution in [3.63, 3.8) is 0 Å². The first kappa shape index (κ1) is 18.6. The molecule has 0 aliphatic heterocycles. The van der Waals surface area contributed by atoms with E-state index >= 15 is 0 Å². The van der Waals surface area contributed by atoms with Gasteiger partial charge in [0, 0.05) is 0 Å². The third kappa shape index (κ3) is 5.07. The second kappa shape index (κ2) is 7.74. The Kier molecular flexibility index (Phi) is 6.28. The maximum atomic E-state index is 12.2. The highest BCUT2D eigenvalue weighted by Gasteiger charge is 2.27. The minimum absolute atomic E-state index is 0.275. The van der Waals surface area contributed by atoms with E-state index in [1.807, 2.05) is 0 Å². The maximum absolute atomic E-state index is 12.2. The molecule has 124 valence electrons. The molecule has 5 nitrogen and oxygen atoms in total. The van der Waals surface area contributed by atoms with Crippen molar-refractivity contribution in [3.05, 3.63) is 54.1 Å². The molecule has 0 radical (unpaired) electrons. The normalized spacial score (nSPS) is 13.2. The number of ether oxygens (including phenoxy) is 2. The van der Waals surface area contributed by atoms with Crippen LogP contribution in [0.3, 0.4) is 0 Å². The first-order valence-electron chi connectivity index (χ1n) is 7.20. The highest BCUT2D eigenvalue weighted by molar-refractivity contribution is 6.17. The summed E-state index contributed by atoms with van der Waals surface area (Å²) in [6, 6.07) is 5.87. The summed E-state index contributed by atoms with van der Waals surface area (Å²) in [5.74, 6) is -1.10. The van der Waals surface area contributed by atoms with Gasteiger partial charge in [-0.25, -0.2) is 9.59 Å². The van der Waals surface area contributed by atoms with Crippen LogP contribution in [-0.2, 0) is 19.1 Å². The number of carbonyl (C=O) groups excluding carboxylic acids is 2.